The zero-order chi connectivity index (χ0) is 42.3. The number of carbonyl (C=O) groups is 5. The first-order valence-electron chi connectivity index (χ1n) is 21.8. The minimum absolute atomic E-state index is 0.00680. The van der Waals surface area contributed by atoms with Gasteiger partial charge < -0.3 is 24.9 Å². The van der Waals surface area contributed by atoms with Crippen LogP contribution in [0.5, 0.6) is 0 Å². The van der Waals surface area contributed by atoms with E-state index in [0.29, 0.717) is 39.0 Å². The number of nitrogens with one attached hydrogen (secondary N) is 2. The molecule has 0 aliphatic carbocycles. The summed E-state index contributed by atoms with van der Waals surface area (Å²) < 4.78 is 0. The number of aromatic nitrogens is 1. The van der Waals surface area contributed by atoms with Gasteiger partial charge >= 0.3 is 0 Å². The summed E-state index contributed by atoms with van der Waals surface area (Å²) in [7, 11) is 0. The van der Waals surface area contributed by atoms with Gasteiger partial charge in [0.15, 0.2) is 0 Å². The van der Waals surface area contributed by atoms with Crippen LogP contribution in [0.1, 0.15) is 84.9 Å². The van der Waals surface area contributed by atoms with Crippen molar-refractivity contribution in [3.05, 3.63) is 82.3 Å². The molecule has 3 aromatic rings. The van der Waals surface area contributed by atoms with Crippen LogP contribution in [0.3, 0.4) is 0 Å². The summed E-state index contributed by atoms with van der Waals surface area (Å²) in [5, 5.41) is 5.75. The van der Waals surface area contributed by atoms with Crippen LogP contribution >= 0.6 is 11.6 Å². The van der Waals surface area contributed by atoms with Crippen LogP contribution < -0.4 is 25.3 Å². The molecule has 1 atom stereocenters. The Morgan fingerprint density at radius 3 is 2.07 bits per heavy atom. The fourth-order valence-electron chi connectivity index (χ4n) is 10.4. The van der Waals surface area contributed by atoms with Gasteiger partial charge in [-0.25, -0.2) is 9.83 Å². The standard InChI is InChI=1S/C46H52ClN9O5/c1-48-38-6-3-33(27-37(38)47)53-20-12-31(13-21-53)42(58)50-40-8-4-34(28-49-40)54-18-10-30(11-19-54)29-52-22-14-46(15-23-52)16-24-55(25-17-46)32-2-5-35-36(26-32)45(61)56(44(35)60)39-7-9-41(57)51-43(39)59/h2-6,8,26-28,30-31,39H,7,9-25,29H2,(H,49,50,58)(H,51,57,59). The molecule has 0 bridgehead atoms. The second-order valence-electron chi connectivity index (χ2n) is 17.8. The van der Waals surface area contributed by atoms with Crippen molar-refractivity contribution in [1.29, 1.82) is 0 Å². The van der Waals surface area contributed by atoms with Crippen molar-refractivity contribution in [2.24, 2.45) is 17.3 Å². The topological polar surface area (TPSA) is 143 Å². The highest BCUT2D eigenvalue weighted by molar-refractivity contribution is 6.33. The van der Waals surface area contributed by atoms with Gasteiger partial charge in [0, 0.05) is 74.5 Å². The van der Waals surface area contributed by atoms with Gasteiger partial charge in [0.1, 0.15) is 11.9 Å². The molecule has 5 fully saturated rings. The lowest BCUT2D eigenvalue weighted by atomic mass is 9.71. The predicted octanol–water partition coefficient (Wildman–Crippen LogP) is 6.14. The number of hydrogen-bond acceptors (Lipinski definition) is 10. The number of rotatable bonds is 8. The largest absolute Gasteiger partial charge is 0.372 e. The Morgan fingerprint density at radius 1 is 0.770 bits per heavy atom. The van der Waals surface area contributed by atoms with Crippen molar-refractivity contribution >= 4 is 69.7 Å². The molecule has 6 aliphatic heterocycles. The van der Waals surface area contributed by atoms with Crippen molar-refractivity contribution in [3.8, 4) is 0 Å². The Morgan fingerprint density at radius 2 is 1.39 bits per heavy atom. The van der Waals surface area contributed by atoms with Crippen molar-refractivity contribution in [2.75, 3.05) is 78.9 Å². The van der Waals surface area contributed by atoms with E-state index in [9.17, 15) is 24.0 Å². The number of hydrogen-bond donors (Lipinski definition) is 2. The Kier molecular flexibility index (Phi) is 11.4. The SMILES string of the molecule is [C-]#[N+]c1ccc(N2CCC(C(=O)Nc3ccc(N4CCC(CN5CCC6(CC5)CCN(c5ccc7c(c5)C(=O)N(C5CCC(=O)NC5=O)C7=O)CC6)CC4)cn3)CC2)cc1Cl. The Bertz CT molecular complexity index is 2250. The predicted molar refractivity (Wildman–Crippen MR) is 233 cm³/mol. The maximum absolute atomic E-state index is 13.4. The van der Waals surface area contributed by atoms with Crippen molar-refractivity contribution in [1.82, 2.24) is 20.1 Å². The molecule has 1 spiro atoms. The number of piperidine rings is 5. The van der Waals surface area contributed by atoms with Gasteiger partial charge in [-0.05, 0) is 125 Å². The fourth-order valence-corrected chi connectivity index (χ4v) is 10.6. The molecular weight excluding hydrogens is 794 g/mol. The molecule has 9 rings (SSSR count). The van der Waals surface area contributed by atoms with Crippen LogP contribution in [0.2, 0.25) is 5.02 Å². The highest BCUT2D eigenvalue weighted by Gasteiger charge is 2.45. The van der Waals surface area contributed by atoms with Crippen molar-refractivity contribution in [3.63, 3.8) is 0 Å². The number of halogens is 1. The summed E-state index contributed by atoms with van der Waals surface area (Å²) in [6, 6.07) is 14.0. The number of carbonyl (C=O) groups excluding carboxylic acids is 5. The number of pyridine rings is 1. The first-order chi connectivity index (χ1) is 29.6. The maximum Gasteiger partial charge on any atom is 0.262 e. The molecule has 7 heterocycles. The molecule has 5 amide bonds. The molecule has 14 nitrogen and oxygen atoms in total. The molecule has 2 N–H and O–H groups in total. The van der Waals surface area contributed by atoms with Crippen LogP contribution in [0.4, 0.5) is 28.6 Å². The summed E-state index contributed by atoms with van der Waals surface area (Å²) in [5.74, 6) is -0.735. The van der Waals surface area contributed by atoms with E-state index < -0.39 is 23.8 Å². The summed E-state index contributed by atoms with van der Waals surface area (Å²) in [4.78, 5) is 82.5. The van der Waals surface area contributed by atoms with E-state index in [-0.39, 0.29) is 30.6 Å². The van der Waals surface area contributed by atoms with Gasteiger partial charge in [-0.1, -0.05) is 17.7 Å². The number of nitrogens with zero attached hydrogens (tertiary/aromatic N) is 7. The lowest BCUT2D eigenvalue weighted by molar-refractivity contribution is -0.136. The van der Waals surface area contributed by atoms with E-state index in [1.807, 2.05) is 36.5 Å². The Hall–Kier alpha value is -5.52. The third-order valence-corrected chi connectivity index (χ3v) is 14.6. The minimum atomic E-state index is -0.960. The van der Waals surface area contributed by atoms with E-state index in [4.69, 9.17) is 18.2 Å². The van der Waals surface area contributed by atoms with Gasteiger partial charge in [-0.2, -0.15) is 0 Å². The first-order valence-corrected chi connectivity index (χ1v) is 22.2. The summed E-state index contributed by atoms with van der Waals surface area (Å²) >= 11 is 6.25. The van der Waals surface area contributed by atoms with Crippen LogP contribution in [0.25, 0.3) is 4.85 Å². The molecule has 15 heteroatoms. The molecule has 1 unspecified atom stereocenters. The third kappa shape index (κ3) is 8.42. The number of imide groups is 2. The molecule has 0 radical (unpaired) electrons. The summed E-state index contributed by atoms with van der Waals surface area (Å²) in [6.07, 6.45) is 10.5. The Balaban J connectivity index is 0.689. The van der Waals surface area contributed by atoms with Crippen LogP contribution in [-0.4, -0.2) is 109 Å². The van der Waals surface area contributed by atoms with Crippen LogP contribution in [0, 0.1) is 23.8 Å². The number of likely N-dealkylation sites (tertiary alicyclic amines) is 1. The van der Waals surface area contributed by atoms with Crippen LogP contribution in [0.15, 0.2) is 54.7 Å². The number of fused-ring (bicyclic) bond motifs is 1. The van der Waals surface area contributed by atoms with Crippen LogP contribution in [-0.2, 0) is 14.4 Å². The Labute approximate surface area is 361 Å². The summed E-state index contributed by atoms with van der Waals surface area (Å²) in [6.45, 7) is 15.9. The third-order valence-electron chi connectivity index (χ3n) is 14.3. The number of anilines is 4. The molecule has 61 heavy (non-hydrogen) atoms. The minimum Gasteiger partial charge on any atom is -0.372 e. The zero-order valence-corrected chi connectivity index (χ0v) is 35.2. The second kappa shape index (κ2) is 17.1. The highest BCUT2D eigenvalue weighted by Crippen LogP contribution is 2.43. The van der Waals surface area contributed by atoms with E-state index in [2.05, 4.69) is 46.1 Å². The summed E-state index contributed by atoms with van der Waals surface area (Å²) in [5.41, 5.74) is 4.43. The molecule has 318 valence electrons. The second-order valence-corrected chi connectivity index (χ2v) is 18.2. The normalized spacial score (nSPS) is 22.7. The van der Waals surface area contributed by atoms with E-state index in [1.165, 1.54) is 12.8 Å². The van der Waals surface area contributed by atoms with Gasteiger partial charge in [-0.15, -0.1) is 0 Å². The monoisotopic (exact) mass is 845 g/mol. The molecule has 1 aromatic heterocycles. The van der Waals surface area contributed by atoms with Gasteiger partial charge in [0.25, 0.3) is 11.8 Å². The number of benzene rings is 2. The van der Waals surface area contributed by atoms with Gasteiger partial charge in [0.2, 0.25) is 23.4 Å². The van der Waals surface area contributed by atoms with Gasteiger partial charge in [0.05, 0.1) is 29.6 Å². The van der Waals surface area contributed by atoms with Crippen molar-refractivity contribution in [2.45, 2.75) is 70.3 Å². The lowest BCUT2D eigenvalue weighted by Gasteiger charge is -2.48. The number of amides is 5. The first kappa shape index (κ1) is 40.9. The molecule has 2 aromatic carbocycles. The zero-order valence-electron chi connectivity index (χ0n) is 34.4. The molecule has 5 saturated heterocycles. The quantitative estimate of drug-likeness (QED) is 0.201. The molecule has 6 aliphatic rings. The van der Waals surface area contributed by atoms with E-state index >= 15 is 0 Å². The molecule has 0 saturated carbocycles. The van der Waals surface area contributed by atoms with E-state index in [1.54, 1.807) is 12.1 Å². The average Bonchev–Trinajstić information content (AvgIpc) is 3.53. The smallest absolute Gasteiger partial charge is 0.262 e. The van der Waals surface area contributed by atoms with E-state index in [0.717, 1.165) is 119 Å². The maximum atomic E-state index is 13.4. The van der Waals surface area contributed by atoms with Crippen molar-refractivity contribution < 1.29 is 24.0 Å². The lowest BCUT2D eigenvalue weighted by Crippen LogP contribution is -2.54. The average molecular weight is 846 g/mol. The highest BCUT2D eigenvalue weighted by atomic mass is 35.5. The van der Waals surface area contributed by atoms with Gasteiger partial charge in [-0.3, -0.25) is 34.2 Å². The fraction of sp³-hybridized carbons (Fsp3) is 0.500. The molecular formula is C46H52ClN9O5.